The zero-order valence-corrected chi connectivity index (χ0v) is 17.6. The number of rotatable bonds is 7. The van der Waals surface area contributed by atoms with Gasteiger partial charge in [0, 0.05) is 50.2 Å². The minimum absolute atomic E-state index is 0.119. The predicted octanol–water partition coefficient (Wildman–Crippen LogP) is 3.16. The maximum Gasteiger partial charge on any atom is 0.250 e. The van der Waals surface area contributed by atoms with E-state index in [1.54, 1.807) is 12.4 Å². The van der Waals surface area contributed by atoms with Gasteiger partial charge in [0.1, 0.15) is 0 Å². The normalized spacial score (nSPS) is 33.8. The molecule has 1 aromatic rings. The molecule has 4 aliphatic rings. The molecule has 1 N–H and O–H groups in total. The Kier molecular flexibility index (Phi) is 5.30. The fourth-order valence-corrected chi connectivity index (χ4v) is 5.92. The van der Waals surface area contributed by atoms with Crippen LogP contribution in [-0.4, -0.2) is 46.7 Å². The summed E-state index contributed by atoms with van der Waals surface area (Å²) in [6, 6.07) is 4.16. The van der Waals surface area contributed by atoms with E-state index in [0.29, 0.717) is 36.1 Å². The SMILES string of the molecule is CC(C)CC1C2C=NC3(C(=O)NCc4ccncc4)C(C2)CN(CC(C)C)C13. The Balaban J connectivity index is 1.62. The highest BCUT2D eigenvalue weighted by Crippen LogP contribution is 2.55. The molecule has 5 atom stereocenters. The molecule has 3 aliphatic heterocycles. The second-order valence-corrected chi connectivity index (χ2v) is 9.82. The molecule has 1 saturated carbocycles. The van der Waals surface area contributed by atoms with E-state index in [1.165, 1.54) is 6.42 Å². The summed E-state index contributed by atoms with van der Waals surface area (Å²) < 4.78 is 0. The van der Waals surface area contributed by atoms with Crippen LogP contribution in [0.1, 0.15) is 46.1 Å². The van der Waals surface area contributed by atoms with Gasteiger partial charge >= 0.3 is 0 Å². The Bertz CT molecular complexity index is 731. The maximum absolute atomic E-state index is 13.6. The van der Waals surface area contributed by atoms with Crippen molar-refractivity contribution in [2.45, 2.75) is 58.7 Å². The number of hydrogen-bond donors (Lipinski definition) is 1. The highest BCUT2D eigenvalue weighted by Gasteiger charge is 2.67. The number of amides is 1. The summed E-state index contributed by atoms with van der Waals surface area (Å²) in [6.07, 6.45) is 7.95. The van der Waals surface area contributed by atoms with E-state index in [4.69, 9.17) is 4.99 Å². The number of hydrogen-bond acceptors (Lipinski definition) is 4. The lowest BCUT2D eigenvalue weighted by molar-refractivity contribution is -0.132. The highest BCUT2D eigenvalue weighted by molar-refractivity contribution is 5.92. The van der Waals surface area contributed by atoms with Crippen LogP contribution in [0.25, 0.3) is 0 Å². The maximum atomic E-state index is 13.6. The third-order valence-electron chi connectivity index (χ3n) is 6.82. The van der Waals surface area contributed by atoms with Gasteiger partial charge < -0.3 is 5.32 Å². The van der Waals surface area contributed by atoms with Crippen molar-refractivity contribution in [3.63, 3.8) is 0 Å². The minimum atomic E-state index is -0.601. The number of pyridine rings is 1. The van der Waals surface area contributed by atoms with Crippen LogP contribution >= 0.6 is 0 Å². The van der Waals surface area contributed by atoms with Crippen molar-refractivity contribution in [2.24, 2.45) is 34.6 Å². The van der Waals surface area contributed by atoms with Crippen LogP contribution in [0.15, 0.2) is 29.5 Å². The molecule has 4 heterocycles. The van der Waals surface area contributed by atoms with Crippen molar-refractivity contribution >= 4 is 12.1 Å². The van der Waals surface area contributed by atoms with E-state index in [2.05, 4.69) is 49.1 Å². The number of carbonyl (C=O) groups excluding carboxylic acids is 1. The molecule has 5 unspecified atom stereocenters. The first-order valence-corrected chi connectivity index (χ1v) is 10.9. The molecule has 1 aromatic heterocycles. The van der Waals surface area contributed by atoms with Crippen LogP contribution in [-0.2, 0) is 11.3 Å². The van der Waals surface area contributed by atoms with Crippen LogP contribution in [0.5, 0.6) is 0 Å². The van der Waals surface area contributed by atoms with Crippen LogP contribution < -0.4 is 5.32 Å². The van der Waals surface area contributed by atoms with Gasteiger partial charge in [-0.15, -0.1) is 0 Å². The van der Waals surface area contributed by atoms with Crippen LogP contribution in [0.4, 0.5) is 0 Å². The van der Waals surface area contributed by atoms with Gasteiger partial charge in [0.05, 0.1) is 0 Å². The molecule has 4 bridgehead atoms. The van der Waals surface area contributed by atoms with Crippen molar-refractivity contribution in [3.8, 4) is 0 Å². The Morgan fingerprint density at radius 1 is 1.25 bits per heavy atom. The molecular weight excluding hydrogens is 348 g/mol. The molecule has 5 nitrogen and oxygen atoms in total. The molecular formula is C23H34N4O. The quantitative estimate of drug-likeness (QED) is 0.788. The van der Waals surface area contributed by atoms with E-state index in [-0.39, 0.29) is 11.9 Å². The molecule has 2 fully saturated rings. The smallest absolute Gasteiger partial charge is 0.250 e. The van der Waals surface area contributed by atoms with Gasteiger partial charge in [-0.25, -0.2) is 0 Å². The molecule has 28 heavy (non-hydrogen) atoms. The lowest BCUT2D eigenvalue weighted by atomic mass is 9.59. The molecule has 1 aliphatic carbocycles. The summed E-state index contributed by atoms with van der Waals surface area (Å²) in [6.45, 7) is 11.8. The summed E-state index contributed by atoms with van der Waals surface area (Å²) in [4.78, 5) is 25.3. The third-order valence-corrected chi connectivity index (χ3v) is 6.82. The number of aromatic nitrogens is 1. The number of nitrogens with zero attached hydrogens (tertiary/aromatic N) is 3. The first kappa shape index (κ1) is 19.6. The molecule has 0 spiro atoms. The molecule has 0 aromatic carbocycles. The molecule has 152 valence electrons. The Morgan fingerprint density at radius 3 is 2.68 bits per heavy atom. The van der Waals surface area contributed by atoms with Crippen molar-refractivity contribution in [3.05, 3.63) is 30.1 Å². The van der Waals surface area contributed by atoms with E-state index >= 15 is 0 Å². The summed E-state index contributed by atoms with van der Waals surface area (Å²) in [5.74, 6) is 2.75. The fourth-order valence-electron chi connectivity index (χ4n) is 5.92. The summed E-state index contributed by atoms with van der Waals surface area (Å²) in [5, 5.41) is 3.23. The molecule has 1 amide bonds. The van der Waals surface area contributed by atoms with E-state index < -0.39 is 5.54 Å². The van der Waals surface area contributed by atoms with Gasteiger partial charge in [-0.1, -0.05) is 27.7 Å². The number of likely N-dealkylation sites (tertiary alicyclic amines) is 1. The zero-order valence-electron chi connectivity index (χ0n) is 17.6. The van der Waals surface area contributed by atoms with Crippen LogP contribution in [0, 0.1) is 29.6 Å². The van der Waals surface area contributed by atoms with Crippen molar-refractivity contribution in [1.29, 1.82) is 0 Å². The van der Waals surface area contributed by atoms with Gasteiger partial charge in [0.2, 0.25) is 5.91 Å². The first-order chi connectivity index (χ1) is 13.4. The van der Waals surface area contributed by atoms with Crippen molar-refractivity contribution in [2.75, 3.05) is 13.1 Å². The highest BCUT2D eigenvalue weighted by atomic mass is 16.2. The van der Waals surface area contributed by atoms with Gasteiger partial charge in [0.15, 0.2) is 5.54 Å². The lowest BCUT2D eigenvalue weighted by Crippen LogP contribution is -2.65. The number of nitrogens with one attached hydrogen (secondary N) is 1. The summed E-state index contributed by atoms with van der Waals surface area (Å²) in [5.41, 5.74) is 0.481. The Morgan fingerprint density at radius 2 is 2.00 bits per heavy atom. The van der Waals surface area contributed by atoms with Crippen LogP contribution in [0.2, 0.25) is 0 Å². The average Bonchev–Trinajstić information content (AvgIpc) is 2.91. The average molecular weight is 383 g/mol. The van der Waals surface area contributed by atoms with Gasteiger partial charge in [-0.3, -0.25) is 19.7 Å². The lowest BCUT2D eigenvalue weighted by Gasteiger charge is -2.51. The first-order valence-electron chi connectivity index (χ1n) is 10.9. The van der Waals surface area contributed by atoms with Crippen molar-refractivity contribution < 1.29 is 4.79 Å². The second kappa shape index (κ2) is 7.58. The van der Waals surface area contributed by atoms with E-state index in [1.807, 2.05) is 12.1 Å². The van der Waals surface area contributed by atoms with E-state index in [0.717, 1.165) is 25.1 Å². The Labute approximate surface area is 169 Å². The number of carbonyl (C=O) groups is 1. The monoisotopic (exact) mass is 382 g/mol. The predicted molar refractivity (Wildman–Crippen MR) is 112 cm³/mol. The second-order valence-electron chi connectivity index (χ2n) is 9.82. The van der Waals surface area contributed by atoms with Gasteiger partial charge in [-0.2, -0.15) is 0 Å². The summed E-state index contributed by atoms with van der Waals surface area (Å²) in [7, 11) is 0. The zero-order chi connectivity index (χ0) is 19.9. The largest absolute Gasteiger partial charge is 0.350 e. The topological polar surface area (TPSA) is 57.6 Å². The molecule has 5 heteroatoms. The van der Waals surface area contributed by atoms with Gasteiger partial charge in [0.25, 0.3) is 0 Å². The fraction of sp³-hybridized carbons (Fsp3) is 0.696. The van der Waals surface area contributed by atoms with Gasteiger partial charge in [-0.05, 0) is 54.2 Å². The van der Waals surface area contributed by atoms with E-state index in [9.17, 15) is 4.79 Å². The molecule has 0 radical (unpaired) electrons. The molecule has 1 saturated heterocycles. The standard InChI is InChI=1S/C23H34N4O/c1-15(2)9-20-18-10-19-14-27(13-16(3)4)21(20)23(19,26-12-18)22(28)25-11-17-5-7-24-8-6-17/h5-8,12,15-16,18-21H,9-11,13-14H2,1-4H3,(H,25,28). The minimum Gasteiger partial charge on any atom is -0.350 e. The number of aliphatic imine (C=N–C) groups is 1. The molecule has 5 rings (SSSR count). The Hall–Kier alpha value is -1.75. The van der Waals surface area contributed by atoms with Crippen LogP contribution in [0.3, 0.4) is 0 Å². The summed E-state index contributed by atoms with van der Waals surface area (Å²) >= 11 is 0. The third kappa shape index (κ3) is 3.28. The van der Waals surface area contributed by atoms with Crippen molar-refractivity contribution in [1.82, 2.24) is 15.2 Å².